The standard InChI is InChI=1S/C19H25FN4O/c1-13-10-14(2)23-19(22-13)24-8-6-17(7-9-24)21-12-18(25)15-4-3-5-16(20)11-15/h3-5,10-11,17-18,21,25H,6-9,12H2,1-2H3. The van der Waals surface area contributed by atoms with E-state index in [0.29, 0.717) is 18.2 Å². The van der Waals surface area contributed by atoms with Crippen molar-refractivity contribution in [1.29, 1.82) is 0 Å². The summed E-state index contributed by atoms with van der Waals surface area (Å²) >= 11 is 0. The molecule has 1 fully saturated rings. The number of aliphatic hydroxyl groups excluding tert-OH is 1. The van der Waals surface area contributed by atoms with Crippen LogP contribution in [-0.2, 0) is 0 Å². The molecule has 1 atom stereocenters. The van der Waals surface area contributed by atoms with Crippen molar-refractivity contribution in [2.45, 2.75) is 38.8 Å². The van der Waals surface area contributed by atoms with E-state index in [0.717, 1.165) is 43.3 Å². The Labute approximate surface area is 147 Å². The van der Waals surface area contributed by atoms with E-state index in [1.807, 2.05) is 19.9 Å². The molecule has 25 heavy (non-hydrogen) atoms. The van der Waals surface area contributed by atoms with Gasteiger partial charge in [-0.05, 0) is 50.5 Å². The first-order valence-electron chi connectivity index (χ1n) is 8.75. The van der Waals surface area contributed by atoms with Gasteiger partial charge in [-0.3, -0.25) is 0 Å². The number of aromatic nitrogens is 2. The number of halogens is 1. The zero-order valence-corrected chi connectivity index (χ0v) is 14.7. The smallest absolute Gasteiger partial charge is 0.225 e. The molecule has 0 saturated carbocycles. The first-order chi connectivity index (χ1) is 12.0. The fourth-order valence-electron chi connectivity index (χ4n) is 3.24. The molecule has 1 aromatic heterocycles. The van der Waals surface area contributed by atoms with E-state index in [1.54, 1.807) is 12.1 Å². The number of aliphatic hydroxyl groups is 1. The number of benzene rings is 1. The van der Waals surface area contributed by atoms with Crippen LogP contribution in [-0.4, -0.2) is 40.8 Å². The highest BCUT2D eigenvalue weighted by Gasteiger charge is 2.22. The summed E-state index contributed by atoms with van der Waals surface area (Å²) < 4.78 is 13.2. The van der Waals surface area contributed by atoms with Crippen LogP contribution in [0.4, 0.5) is 10.3 Å². The second-order valence-corrected chi connectivity index (χ2v) is 6.69. The summed E-state index contributed by atoms with van der Waals surface area (Å²) in [6.45, 7) is 6.17. The minimum atomic E-state index is -0.698. The Morgan fingerprint density at radius 1 is 1.20 bits per heavy atom. The van der Waals surface area contributed by atoms with Crippen molar-refractivity contribution in [3.8, 4) is 0 Å². The summed E-state index contributed by atoms with van der Waals surface area (Å²) in [6.07, 6.45) is 1.23. The van der Waals surface area contributed by atoms with E-state index in [-0.39, 0.29) is 5.82 Å². The number of aryl methyl sites for hydroxylation is 2. The Kier molecular flexibility index (Phi) is 5.60. The van der Waals surface area contributed by atoms with Crippen molar-refractivity contribution < 1.29 is 9.50 Å². The third-order valence-electron chi connectivity index (χ3n) is 4.58. The number of rotatable bonds is 5. The van der Waals surface area contributed by atoms with Gasteiger partial charge >= 0.3 is 0 Å². The van der Waals surface area contributed by atoms with E-state index in [4.69, 9.17) is 0 Å². The van der Waals surface area contributed by atoms with E-state index in [2.05, 4.69) is 20.2 Å². The summed E-state index contributed by atoms with van der Waals surface area (Å²) in [5, 5.41) is 13.6. The Hall–Kier alpha value is -2.05. The zero-order chi connectivity index (χ0) is 17.8. The molecular weight excluding hydrogens is 319 g/mol. The van der Waals surface area contributed by atoms with Gasteiger partial charge in [-0.15, -0.1) is 0 Å². The van der Waals surface area contributed by atoms with Crippen LogP contribution in [0.1, 0.15) is 35.9 Å². The molecule has 2 aromatic rings. The van der Waals surface area contributed by atoms with Crippen LogP contribution in [0.5, 0.6) is 0 Å². The normalized spacial score (nSPS) is 16.9. The largest absolute Gasteiger partial charge is 0.387 e. The van der Waals surface area contributed by atoms with Gasteiger partial charge in [0.25, 0.3) is 0 Å². The first-order valence-corrected chi connectivity index (χ1v) is 8.75. The molecule has 1 aliphatic heterocycles. The Morgan fingerprint density at radius 2 is 1.88 bits per heavy atom. The third-order valence-corrected chi connectivity index (χ3v) is 4.58. The third kappa shape index (κ3) is 4.74. The summed E-state index contributed by atoms with van der Waals surface area (Å²) in [7, 11) is 0. The van der Waals surface area contributed by atoms with Crippen LogP contribution in [0.2, 0.25) is 0 Å². The average molecular weight is 344 g/mol. The highest BCUT2D eigenvalue weighted by molar-refractivity contribution is 5.32. The maximum atomic E-state index is 13.2. The molecule has 0 spiro atoms. The molecule has 2 heterocycles. The van der Waals surface area contributed by atoms with Gasteiger partial charge < -0.3 is 15.3 Å². The molecule has 1 aliphatic rings. The van der Waals surface area contributed by atoms with Crippen molar-refractivity contribution in [1.82, 2.24) is 15.3 Å². The van der Waals surface area contributed by atoms with Crippen LogP contribution < -0.4 is 10.2 Å². The number of hydrogen-bond acceptors (Lipinski definition) is 5. The predicted octanol–water partition coefficient (Wildman–Crippen LogP) is 2.52. The lowest BCUT2D eigenvalue weighted by Crippen LogP contribution is -2.44. The fourth-order valence-corrected chi connectivity index (χ4v) is 3.24. The van der Waals surface area contributed by atoms with Gasteiger partial charge in [0.15, 0.2) is 0 Å². The van der Waals surface area contributed by atoms with Gasteiger partial charge in [0.2, 0.25) is 5.95 Å². The van der Waals surface area contributed by atoms with Crippen molar-refractivity contribution in [2.75, 3.05) is 24.5 Å². The van der Waals surface area contributed by atoms with Gasteiger partial charge in [0.1, 0.15) is 5.82 Å². The number of nitrogens with one attached hydrogen (secondary N) is 1. The topological polar surface area (TPSA) is 61.3 Å². The van der Waals surface area contributed by atoms with Gasteiger partial charge in [-0.1, -0.05) is 12.1 Å². The van der Waals surface area contributed by atoms with Crippen molar-refractivity contribution in [3.63, 3.8) is 0 Å². The minimum absolute atomic E-state index is 0.321. The Morgan fingerprint density at radius 3 is 2.52 bits per heavy atom. The van der Waals surface area contributed by atoms with Crippen molar-refractivity contribution >= 4 is 5.95 Å². The fraction of sp³-hybridized carbons (Fsp3) is 0.474. The van der Waals surface area contributed by atoms with Crippen LogP contribution in [0, 0.1) is 19.7 Å². The molecule has 5 nitrogen and oxygen atoms in total. The summed E-state index contributed by atoms with van der Waals surface area (Å²) in [6, 6.07) is 8.45. The van der Waals surface area contributed by atoms with E-state index < -0.39 is 6.10 Å². The van der Waals surface area contributed by atoms with Crippen molar-refractivity contribution in [3.05, 3.63) is 53.1 Å². The maximum Gasteiger partial charge on any atom is 0.225 e. The zero-order valence-electron chi connectivity index (χ0n) is 14.7. The van der Waals surface area contributed by atoms with Gasteiger partial charge in [0.05, 0.1) is 6.10 Å². The molecule has 2 N–H and O–H groups in total. The lowest BCUT2D eigenvalue weighted by atomic mass is 10.0. The quantitative estimate of drug-likeness (QED) is 0.873. The molecule has 6 heteroatoms. The number of hydrogen-bond donors (Lipinski definition) is 2. The molecule has 0 radical (unpaired) electrons. The second-order valence-electron chi connectivity index (χ2n) is 6.69. The number of nitrogens with zero attached hydrogens (tertiary/aromatic N) is 3. The highest BCUT2D eigenvalue weighted by atomic mass is 19.1. The van der Waals surface area contributed by atoms with Crippen LogP contribution in [0.3, 0.4) is 0 Å². The number of piperidine rings is 1. The van der Waals surface area contributed by atoms with E-state index >= 15 is 0 Å². The average Bonchev–Trinajstić information content (AvgIpc) is 2.59. The maximum absolute atomic E-state index is 13.2. The first kappa shape index (κ1) is 17.8. The predicted molar refractivity (Wildman–Crippen MR) is 96.1 cm³/mol. The Balaban J connectivity index is 1.49. The lowest BCUT2D eigenvalue weighted by Gasteiger charge is -2.33. The van der Waals surface area contributed by atoms with Gasteiger partial charge in [-0.2, -0.15) is 0 Å². The lowest BCUT2D eigenvalue weighted by molar-refractivity contribution is 0.166. The monoisotopic (exact) mass is 344 g/mol. The minimum Gasteiger partial charge on any atom is -0.387 e. The Bertz CT molecular complexity index is 696. The SMILES string of the molecule is Cc1cc(C)nc(N2CCC(NCC(O)c3cccc(F)c3)CC2)n1. The number of anilines is 1. The molecule has 134 valence electrons. The molecule has 1 aromatic carbocycles. The van der Waals surface area contributed by atoms with Gasteiger partial charge in [-0.25, -0.2) is 14.4 Å². The van der Waals surface area contributed by atoms with Gasteiger partial charge in [0, 0.05) is 37.1 Å². The van der Waals surface area contributed by atoms with Crippen LogP contribution >= 0.6 is 0 Å². The molecule has 3 rings (SSSR count). The summed E-state index contributed by atoms with van der Waals surface area (Å²) in [5.74, 6) is 0.481. The van der Waals surface area contributed by atoms with Crippen molar-refractivity contribution in [2.24, 2.45) is 0 Å². The van der Waals surface area contributed by atoms with Crippen LogP contribution in [0.25, 0.3) is 0 Å². The molecule has 1 unspecified atom stereocenters. The highest BCUT2D eigenvalue weighted by Crippen LogP contribution is 2.18. The molecule has 0 bridgehead atoms. The summed E-state index contributed by atoms with van der Waals surface area (Å²) in [4.78, 5) is 11.3. The van der Waals surface area contributed by atoms with E-state index in [1.165, 1.54) is 12.1 Å². The molecule has 0 amide bonds. The van der Waals surface area contributed by atoms with E-state index in [9.17, 15) is 9.50 Å². The second kappa shape index (κ2) is 7.89. The summed E-state index contributed by atoms with van der Waals surface area (Å²) in [5.41, 5.74) is 2.58. The molecule has 0 aliphatic carbocycles. The molecular formula is C19H25FN4O. The van der Waals surface area contributed by atoms with Crippen LogP contribution in [0.15, 0.2) is 30.3 Å². The molecule has 1 saturated heterocycles.